The molecular formula is C17H27F3N2O4S. The fraction of sp³-hybridized carbons (Fsp3) is 0.765. The first-order valence-electron chi connectivity index (χ1n) is 8.43. The number of nitrogens with zero attached hydrogens (tertiary/aromatic N) is 1. The summed E-state index contributed by atoms with van der Waals surface area (Å²) >= 11 is 0.935. The lowest BCUT2D eigenvalue weighted by Crippen LogP contribution is -2.34. The molecule has 156 valence electrons. The van der Waals surface area contributed by atoms with Crippen molar-refractivity contribution in [3.63, 3.8) is 0 Å². The highest BCUT2D eigenvalue weighted by Gasteiger charge is 2.33. The molecule has 27 heavy (non-hydrogen) atoms. The van der Waals surface area contributed by atoms with Crippen molar-refractivity contribution in [3.05, 3.63) is 11.8 Å². The molecule has 0 aliphatic carbocycles. The van der Waals surface area contributed by atoms with Gasteiger partial charge in [-0.1, -0.05) is 19.0 Å². The zero-order valence-corrected chi connectivity index (χ0v) is 17.1. The third kappa shape index (κ3) is 8.52. The van der Waals surface area contributed by atoms with Gasteiger partial charge < -0.3 is 14.0 Å². The standard InChI is InChI=1S/C17H27F3N2O4S/c1-15(2,11-25-8-7-24-5)12-10-13(26-22-12)21-14(23)16(3,4)27-9-6-17(18,19)20/h10H,6-9,11H2,1-5H3,(H,21,23). The Bertz CT molecular complexity index is 603. The number of carbonyl (C=O) groups is 1. The number of anilines is 1. The van der Waals surface area contributed by atoms with E-state index in [1.54, 1.807) is 27.0 Å². The summed E-state index contributed by atoms with van der Waals surface area (Å²) in [4.78, 5) is 12.4. The molecule has 0 unspecified atom stereocenters. The Morgan fingerprint density at radius 1 is 1.26 bits per heavy atom. The molecule has 0 aromatic carbocycles. The van der Waals surface area contributed by atoms with Gasteiger partial charge in [-0.15, -0.1) is 11.8 Å². The van der Waals surface area contributed by atoms with Crippen molar-refractivity contribution in [2.24, 2.45) is 0 Å². The van der Waals surface area contributed by atoms with Gasteiger partial charge in [0, 0.05) is 24.3 Å². The van der Waals surface area contributed by atoms with Crippen molar-refractivity contribution in [1.82, 2.24) is 5.16 Å². The molecule has 0 saturated heterocycles. The summed E-state index contributed by atoms with van der Waals surface area (Å²) < 4.78 is 51.4. The van der Waals surface area contributed by atoms with Crippen molar-refractivity contribution in [1.29, 1.82) is 0 Å². The van der Waals surface area contributed by atoms with Crippen molar-refractivity contribution in [3.8, 4) is 0 Å². The SMILES string of the molecule is COCCOCC(C)(C)c1cc(NC(=O)C(C)(C)SCCC(F)(F)F)on1. The Hall–Kier alpha value is -1.26. The van der Waals surface area contributed by atoms with Crippen LogP contribution in [-0.4, -0.2) is 54.7 Å². The van der Waals surface area contributed by atoms with Gasteiger partial charge in [-0.25, -0.2) is 0 Å². The van der Waals surface area contributed by atoms with Gasteiger partial charge in [-0.3, -0.25) is 10.1 Å². The monoisotopic (exact) mass is 412 g/mol. The molecule has 1 N–H and O–H groups in total. The fourth-order valence-electron chi connectivity index (χ4n) is 1.95. The minimum Gasteiger partial charge on any atom is -0.382 e. The van der Waals surface area contributed by atoms with Crippen LogP contribution in [0, 0.1) is 0 Å². The molecule has 1 heterocycles. The molecule has 1 aromatic heterocycles. The molecule has 0 atom stereocenters. The maximum absolute atomic E-state index is 12.4. The molecule has 1 rings (SSSR count). The molecular weight excluding hydrogens is 385 g/mol. The van der Waals surface area contributed by atoms with Gasteiger partial charge in [-0.05, 0) is 13.8 Å². The molecule has 0 radical (unpaired) electrons. The number of thioether (sulfide) groups is 1. The number of halogens is 3. The third-order valence-corrected chi connectivity index (χ3v) is 5.05. The van der Waals surface area contributed by atoms with E-state index in [0.717, 1.165) is 11.8 Å². The van der Waals surface area contributed by atoms with Gasteiger partial charge in [0.1, 0.15) is 0 Å². The molecule has 1 amide bonds. The Balaban J connectivity index is 2.60. The van der Waals surface area contributed by atoms with E-state index < -0.39 is 28.7 Å². The number of hydrogen-bond donors (Lipinski definition) is 1. The minimum absolute atomic E-state index is 0.143. The van der Waals surface area contributed by atoms with Gasteiger partial charge in [0.25, 0.3) is 0 Å². The molecule has 1 aromatic rings. The summed E-state index contributed by atoms with van der Waals surface area (Å²) in [5.41, 5.74) is 0.148. The van der Waals surface area contributed by atoms with E-state index >= 15 is 0 Å². The molecule has 0 aliphatic heterocycles. The molecule has 10 heteroatoms. The lowest BCUT2D eigenvalue weighted by atomic mass is 9.90. The summed E-state index contributed by atoms with van der Waals surface area (Å²) in [6.45, 7) is 8.28. The van der Waals surface area contributed by atoms with Gasteiger partial charge in [-0.2, -0.15) is 13.2 Å². The number of rotatable bonds is 11. The number of nitrogens with one attached hydrogen (secondary N) is 1. The fourth-order valence-corrected chi connectivity index (χ4v) is 2.97. The van der Waals surface area contributed by atoms with Crippen LogP contribution >= 0.6 is 11.8 Å². The van der Waals surface area contributed by atoms with E-state index in [9.17, 15) is 18.0 Å². The number of aromatic nitrogens is 1. The normalized spacial score (nSPS) is 13.0. The van der Waals surface area contributed by atoms with Crippen LogP contribution in [0.4, 0.5) is 19.1 Å². The van der Waals surface area contributed by atoms with Crippen LogP contribution in [0.2, 0.25) is 0 Å². The molecule has 6 nitrogen and oxygen atoms in total. The van der Waals surface area contributed by atoms with E-state index in [1.807, 2.05) is 13.8 Å². The van der Waals surface area contributed by atoms with E-state index in [0.29, 0.717) is 25.5 Å². The topological polar surface area (TPSA) is 73.6 Å². The highest BCUT2D eigenvalue weighted by molar-refractivity contribution is 8.01. The molecule has 0 fully saturated rings. The van der Waals surface area contributed by atoms with Crippen LogP contribution in [0.1, 0.15) is 39.8 Å². The average Bonchev–Trinajstić information content (AvgIpc) is 2.99. The van der Waals surface area contributed by atoms with Crippen LogP contribution in [0.25, 0.3) is 0 Å². The lowest BCUT2D eigenvalue weighted by Gasteiger charge is -2.22. The molecule has 0 spiro atoms. The Kier molecular flexibility index (Phi) is 8.62. The second-order valence-electron chi connectivity index (χ2n) is 7.18. The van der Waals surface area contributed by atoms with Crippen LogP contribution in [-0.2, 0) is 19.7 Å². The number of carbonyl (C=O) groups excluding carboxylic acids is 1. The molecule has 0 bridgehead atoms. The number of amides is 1. The van der Waals surface area contributed by atoms with Crippen molar-refractivity contribution < 1.29 is 32.0 Å². The first-order chi connectivity index (χ1) is 12.4. The second kappa shape index (κ2) is 9.79. The highest BCUT2D eigenvalue weighted by atomic mass is 32.2. The highest BCUT2D eigenvalue weighted by Crippen LogP contribution is 2.31. The van der Waals surface area contributed by atoms with Crippen molar-refractivity contribution >= 4 is 23.6 Å². The second-order valence-corrected chi connectivity index (χ2v) is 8.90. The predicted octanol–water partition coefficient (Wildman–Crippen LogP) is 4.02. The van der Waals surface area contributed by atoms with Crippen molar-refractivity contribution in [2.45, 2.75) is 50.5 Å². The smallest absolute Gasteiger partial charge is 0.382 e. The number of ether oxygens (including phenoxy) is 2. The maximum Gasteiger partial charge on any atom is 0.389 e. The summed E-state index contributed by atoms with van der Waals surface area (Å²) in [6.07, 6.45) is -5.19. The van der Waals surface area contributed by atoms with Crippen LogP contribution in [0.15, 0.2) is 10.6 Å². The molecule has 0 aliphatic rings. The summed E-state index contributed by atoms with van der Waals surface area (Å²) in [5, 5.41) is 6.53. The predicted molar refractivity (Wildman–Crippen MR) is 98.1 cm³/mol. The summed E-state index contributed by atoms with van der Waals surface area (Å²) in [5.74, 6) is -0.506. The Morgan fingerprint density at radius 2 is 1.93 bits per heavy atom. The van der Waals surface area contributed by atoms with Crippen LogP contribution in [0.3, 0.4) is 0 Å². The Morgan fingerprint density at radius 3 is 2.52 bits per heavy atom. The number of hydrogen-bond acceptors (Lipinski definition) is 6. The average molecular weight is 412 g/mol. The Labute approximate surface area is 161 Å². The van der Waals surface area contributed by atoms with Crippen LogP contribution < -0.4 is 5.32 Å². The van der Waals surface area contributed by atoms with Crippen LogP contribution in [0.5, 0.6) is 0 Å². The zero-order chi connectivity index (χ0) is 20.7. The summed E-state index contributed by atoms with van der Waals surface area (Å²) in [7, 11) is 1.59. The van der Waals surface area contributed by atoms with Gasteiger partial charge >= 0.3 is 6.18 Å². The summed E-state index contributed by atoms with van der Waals surface area (Å²) in [6, 6.07) is 1.59. The molecule has 0 saturated carbocycles. The van der Waals surface area contributed by atoms with Gasteiger partial charge in [0.05, 0.1) is 36.7 Å². The quantitative estimate of drug-likeness (QED) is 0.554. The van der Waals surface area contributed by atoms with E-state index in [-0.39, 0.29) is 11.6 Å². The van der Waals surface area contributed by atoms with E-state index in [4.69, 9.17) is 14.0 Å². The number of methoxy groups -OCH3 is 1. The van der Waals surface area contributed by atoms with Gasteiger partial charge in [0.2, 0.25) is 11.8 Å². The van der Waals surface area contributed by atoms with E-state index in [2.05, 4.69) is 10.5 Å². The third-order valence-electron chi connectivity index (χ3n) is 3.73. The van der Waals surface area contributed by atoms with Gasteiger partial charge in [0.15, 0.2) is 0 Å². The largest absolute Gasteiger partial charge is 0.389 e. The zero-order valence-electron chi connectivity index (χ0n) is 16.2. The first-order valence-corrected chi connectivity index (χ1v) is 9.42. The van der Waals surface area contributed by atoms with E-state index in [1.165, 1.54) is 0 Å². The number of alkyl halides is 3. The maximum atomic E-state index is 12.4. The lowest BCUT2D eigenvalue weighted by molar-refractivity contribution is -0.129. The van der Waals surface area contributed by atoms with Crippen molar-refractivity contribution in [2.75, 3.05) is 38.0 Å². The minimum atomic E-state index is -4.24. The first kappa shape index (κ1) is 23.8.